The van der Waals surface area contributed by atoms with Gasteiger partial charge in [0.15, 0.2) is 0 Å². The van der Waals surface area contributed by atoms with E-state index in [0.29, 0.717) is 36.8 Å². The molecule has 34 heavy (non-hydrogen) atoms. The van der Waals surface area contributed by atoms with Gasteiger partial charge in [0.2, 0.25) is 11.8 Å². The Morgan fingerprint density at radius 1 is 1.03 bits per heavy atom. The molecule has 0 unspecified atom stereocenters. The van der Waals surface area contributed by atoms with Crippen LogP contribution in [0, 0.1) is 18.7 Å². The molecule has 0 radical (unpaired) electrons. The van der Waals surface area contributed by atoms with Gasteiger partial charge in [0.25, 0.3) is 5.56 Å². The average molecular weight is 470 g/mol. The first-order valence-corrected chi connectivity index (χ1v) is 12.0. The summed E-state index contributed by atoms with van der Waals surface area (Å²) in [4.78, 5) is 41.9. The molecule has 1 aromatic heterocycles. The maximum absolute atomic E-state index is 13.9. The molecule has 8 heteroatoms. The number of aromatic nitrogens is 1. The monoisotopic (exact) mass is 469 g/mol. The lowest BCUT2D eigenvalue weighted by Crippen LogP contribution is -2.52. The Morgan fingerprint density at radius 3 is 2.47 bits per heavy atom. The van der Waals surface area contributed by atoms with Crippen molar-refractivity contribution in [3.05, 3.63) is 63.8 Å². The molecular formula is C26H32FN3O4. The number of aryl methyl sites for hydroxylation is 1. The lowest BCUT2D eigenvalue weighted by atomic mass is 9.83. The number of piperidine rings is 2. The van der Waals surface area contributed by atoms with Gasteiger partial charge < -0.3 is 19.5 Å². The van der Waals surface area contributed by atoms with E-state index < -0.39 is 0 Å². The summed E-state index contributed by atoms with van der Waals surface area (Å²) >= 11 is 0. The summed E-state index contributed by atoms with van der Waals surface area (Å²) < 4.78 is 15.3. The van der Waals surface area contributed by atoms with E-state index >= 15 is 0 Å². The topological polar surface area (TPSA) is 82.8 Å². The van der Waals surface area contributed by atoms with E-state index in [-0.39, 0.29) is 47.9 Å². The van der Waals surface area contributed by atoms with Gasteiger partial charge in [-0.25, -0.2) is 4.39 Å². The zero-order valence-corrected chi connectivity index (χ0v) is 19.6. The van der Waals surface area contributed by atoms with Gasteiger partial charge in [0.05, 0.1) is 6.42 Å². The van der Waals surface area contributed by atoms with Gasteiger partial charge in [-0.1, -0.05) is 18.2 Å². The van der Waals surface area contributed by atoms with Crippen molar-refractivity contribution in [2.45, 2.75) is 58.0 Å². The second-order valence-electron chi connectivity index (χ2n) is 9.42. The van der Waals surface area contributed by atoms with Crippen molar-refractivity contribution in [1.29, 1.82) is 0 Å². The quantitative estimate of drug-likeness (QED) is 0.730. The molecule has 182 valence electrons. The normalized spacial score (nSPS) is 19.3. The molecule has 3 heterocycles. The summed E-state index contributed by atoms with van der Waals surface area (Å²) in [7, 11) is 0. The van der Waals surface area contributed by atoms with Crippen LogP contribution in [0.15, 0.2) is 41.2 Å². The largest absolute Gasteiger partial charge is 0.508 e. The Morgan fingerprint density at radius 2 is 1.76 bits per heavy atom. The second kappa shape index (κ2) is 10.4. The number of aromatic hydroxyl groups is 1. The molecule has 0 saturated carbocycles. The highest BCUT2D eigenvalue weighted by atomic mass is 19.1. The average Bonchev–Trinajstić information content (AvgIpc) is 2.83. The fourth-order valence-electron chi connectivity index (χ4n) is 5.35. The molecule has 1 aromatic carbocycles. The van der Waals surface area contributed by atoms with Crippen molar-refractivity contribution in [1.82, 2.24) is 14.4 Å². The third-order valence-electron chi connectivity index (χ3n) is 7.22. The number of benzene rings is 1. The number of rotatable bonds is 5. The number of carbonyl (C=O) groups excluding carboxylic acids is 2. The minimum Gasteiger partial charge on any atom is -0.508 e. The molecule has 7 nitrogen and oxygen atoms in total. The van der Waals surface area contributed by atoms with Gasteiger partial charge in [0, 0.05) is 37.4 Å². The number of pyridine rings is 1. The number of carbonyl (C=O) groups is 2. The van der Waals surface area contributed by atoms with E-state index in [1.165, 1.54) is 16.7 Å². The number of hydrogen-bond donors (Lipinski definition) is 1. The van der Waals surface area contributed by atoms with Crippen LogP contribution in [0.4, 0.5) is 4.39 Å². The first-order valence-electron chi connectivity index (χ1n) is 12.0. The Balaban J connectivity index is 1.38. The lowest BCUT2D eigenvalue weighted by Gasteiger charge is -2.44. The highest BCUT2D eigenvalue weighted by Crippen LogP contribution is 2.31. The molecule has 2 aromatic rings. The molecule has 2 aliphatic rings. The Labute approximate surface area is 198 Å². The first-order chi connectivity index (χ1) is 16.3. The molecule has 0 aliphatic carbocycles. The summed E-state index contributed by atoms with van der Waals surface area (Å²) in [6.45, 7) is 3.54. The van der Waals surface area contributed by atoms with Crippen LogP contribution in [0.5, 0.6) is 5.75 Å². The van der Waals surface area contributed by atoms with Crippen LogP contribution in [-0.4, -0.2) is 57.0 Å². The van der Waals surface area contributed by atoms with Gasteiger partial charge in [-0.15, -0.1) is 0 Å². The highest BCUT2D eigenvalue weighted by molar-refractivity contribution is 5.79. The molecule has 2 fully saturated rings. The van der Waals surface area contributed by atoms with E-state index in [0.717, 1.165) is 38.2 Å². The number of hydrogen-bond acceptors (Lipinski definition) is 4. The third-order valence-corrected chi connectivity index (χ3v) is 7.22. The molecule has 2 saturated heterocycles. The molecule has 2 amide bonds. The predicted molar refractivity (Wildman–Crippen MR) is 126 cm³/mol. The van der Waals surface area contributed by atoms with Crippen LogP contribution in [0.25, 0.3) is 0 Å². The van der Waals surface area contributed by atoms with E-state index in [2.05, 4.69) is 0 Å². The zero-order chi connectivity index (χ0) is 24.2. The van der Waals surface area contributed by atoms with Crippen LogP contribution in [0.1, 0.15) is 43.4 Å². The predicted octanol–water partition coefficient (Wildman–Crippen LogP) is 2.86. The molecule has 4 rings (SSSR count). The summed E-state index contributed by atoms with van der Waals surface area (Å²) in [6.07, 6.45) is 4.57. The van der Waals surface area contributed by atoms with Crippen molar-refractivity contribution in [2.75, 3.05) is 19.6 Å². The van der Waals surface area contributed by atoms with Crippen LogP contribution < -0.4 is 5.56 Å². The molecule has 2 aliphatic heterocycles. The van der Waals surface area contributed by atoms with Crippen molar-refractivity contribution in [3.63, 3.8) is 0 Å². The standard InChI is InChI=1S/C26H32FN3O4/c1-18-14-21(31)16-25(33)30(18)17-26(34)29-11-5-4-8-23(29)19-9-12-28(13-10-19)24(32)15-20-6-2-3-7-22(20)27/h2-3,6-7,14,16,19,23,31H,4-5,8-13,15,17H2,1H3/t23-/m1/s1. The van der Waals surface area contributed by atoms with Gasteiger partial charge in [-0.05, 0) is 62.6 Å². The fourth-order valence-corrected chi connectivity index (χ4v) is 5.35. The number of nitrogens with zero attached hydrogens (tertiary/aromatic N) is 3. The van der Waals surface area contributed by atoms with Crippen molar-refractivity contribution >= 4 is 11.8 Å². The minimum atomic E-state index is -0.388. The summed E-state index contributed by atoms with van der Waals surface area (Å²) in [6, 6.07) is 9.08. The van der Waals surface area contributed by atoms with Crippen LogP contribution in [0.2, 0.25) is 0 Å². The van der Waals surface area contributed by atoms with Crippen molar-refractivity contribution in [3.8, 4) is 5.75 Å². The van der Waals surface area contributed by atoms with E-state index in [9.17, 15) is 23.9 Å². The number of likely N-dealkylation sites (tertiary alicyclic amines) is 2. The lowest BCUT2D eigenvalue weighted by molar-refractivity contribution is -0.139. The molecular weight excluding hydrogens is 437 g/mol. The Bertz CT molecular complexity index is 1110. The third kappa shape index (κ3) is 5.32. The molecule has 1 atom stereocenters. The summed E-state index contributed by atoms with van der Waals surface area (Å²) in [5.74, 6) is -0.316. The Kier molecular flexibility index (Phi) is 7.34. The van der Waals surface area contributed by atoms with Gasteiger partial charge >= 0.3 is 0 Å². The second-order valence-corrected chi connectivity index (χ2v) is 9.42. The van der Waals surface area contributed by atoms with Crippen LogP contribution in [0.3, 0.4) is 0 Å². The van der Waals surface area contributed by atoms with E-state index in [4.69, 9.17) is 0 Å². The first kappa shape index (κ1) is 24.0. The molecule has 0 spiro atoms. The maximum atomic E-state index is 13.9. The van der Waals surface area contributed by atoms with Gasteiger partial charge in [0.1, 0.15) is 18.1 Å². The van der Waals surface area contributed by atoms with Crippen LogP contribution >= 0.6 is 0 Å². The number of amides is 2. The van der Waals surface area contributed by atoms with E-state index in [1.54, 1.807) is 30.0 Å². The minimum absolute atomic E-state index is 0.0403. The number of halogens is 1. The summed E-state index contributed by atoms with van der Waals surface area (Å²) in [5.41, 5.74) is 0.577. The zero-order valence-electron chi connectivity index (χ0n) is 19.6. The Hall–Kier alpha value is -3.16. The van der Waals surface area contributed by atoms with Crippen LogP contribution in [-0.2, 0) is 22.6 Å². The highest BCUT2D eigenvalue weighted by Gasteiger charge is 2.35. The SMILES string of the molecule is Cc1cc(O)cc(=O)n1CC(=O)N1CCCC[C@@H]1C1CCN(C(=O)Cc2ccccc2F)CC1. The van der Waals surface area contributed by atoms with Gasteiger partial charge in [-0.3, -0.25) is 14.4 Å². The fraction of sp³-hybridized carbons (Fsp3) is 0.500. The summed E-state index contributed by atoms with van der Waals surface area (Å²) in [5, 5.41) is 9.61. The molecule has 1 N–H and O–H groups in total. The van der Waals surface area contributed by atoms with E-state index in [1.807, 2.05) is 4.90 Å². The molecule has 0 bridgehead atoms. The smallest absolute Gasteiger partial charge is 0.254 e. The van der Waals surface area contributed by atoms with Crippen molar-refractivity contribution < 1.29 is 19.1 Å². The maximum Gasteiger partial charge on any atom is 0.254 e. The van der Waals surface area contributed by atoms with Gasteiger partial charge in [-0.2, -0.15) is 0 Å². The van der Waals surface area contributed by atoms with Crippen molar-refractivity contribution in [2.24, 2.45) is 5.92 Å².